The Morgan fingerprint density at radius 1 is 1.50 bits per heavy atom. The number of nitrogens with zero attached hydrogens (tertiary/aromatic N) is 2. The third-order valence-electron chi connectivity index (χ3n) is 3.90. The van der Waals surface area contributed by atoms with Gasteiger partial charge >= 0.3 is 0 Å². The van der Waals surface area contributed by atoms with E-state index in [-0.39, 0.29) is 5.91 Å². The van der Waals surface area contributed by atoms with Crippen molar-refractivity contribution in [2.45, 2.75) is 38.5 Å². The number of hydrogen-bond acceptors (Lipinski definition) is 4. The molecule has 1 aromatic heterocycles. The zero-order valence-electron chi connectivity index (χ0n) is 11.8. The van der Waals surface area contributed by atoms with Crippen LogP contribution < -0.4 is 0 Å². The number of aromatic nitrogens is 1. The molecule has 0 N–H and O–H groups in total. The van der Waals surface area contributed by atoms with Crippen LogP contribution in [-0.4, -0.2) is 35.5 Å². The van der Waals surface area contributed by atoms with Crippen LogP contribution in [-0.2, 0) is 9.53 Å². The third-order valence-corrected chi connectivity index (χ3v) is 5.03. The summed E-state index contributed by atoms with van der Waals surface area (Å²) in [6, 6.07) is 0. The Labute approximate surface area is 123 Å². The SMILES string of the molecule is Cc1csc(C2CCCN(C(=O)C3=COCCC3)C2)n1. The van der Waals surface area contributed by atoms with Crippen LogP contribution in [0.15, 0.2) is 17.2 Å². The monoisotopic (exact) mass is 292 g/mol. The van der Waals surface area contributed by atoms with Gasteiger partial charge in [0.15, 0.2) is 0 Å². The molecule has 1 amide bonds. The van der Waals surface area contributed by atoms with Gasteiger partial charge in [0, 0.05) is 30.1 Å². The molecule has 1 aromatic rings. The maximum atomic E-state index is 12.5. The van der Waals surface area contributed by atoms with E-state index in [0.29, 0.717) is 5.92 Å². The molecule has 3 heterocycles. The van der Waals surface area contributed by atoms with Crippen LogP contribution in [0.2, 0.25) is 0 Å². The molecule has 1 atom stereocenters. The molecule has 108 valence electrons. The highest BCUT2D eigenvalue weighted by atomic mass is 32.1. The lowest BCUT2D eigenvalue weighted by Crippen LogP contribution is -2.40. The van der Waals surface area contributed by atoms with Gasteiger partial charge in [0.2, 0.25) is 0 Å². The Balaban J connectivity index is 1.68. The van der Waals surface area contributed by atoms with Crippen LogP contribution in [0.5, 0.6) is 0 Å². The molecule has 1 unspecified atom stereocenters. The predicted molar refractivity (Wildman–Crippen MR) is 78.7 cm³/mol. The summed E-state index contributed by atoms with van der Waals surface area (Å²) in [7, 11) is 0. The lowest BCUT2D eigenvalue weighted by Gasteiger charge is -2.32. The van der Waals surface area contributed by atoms with Gasteiger partial charge in [0.05, 0.1) is 23.4 Å². The average molecular weight is 292 g/mol. The van der Waals surface area contributed by atoms with Gasteiger partial charge in [-0.3, -0.25) is 4.79 Å². The summed E-state index contributed by atoms with van der Waals surface area (Å²) in [5.74, 6) is 0.555. The molecule has 0 radical (unpaired) electrons. The predicted octanol–water partition coefficient (Wildman–Crippen LogP) is 2.85. The number of amides is 1. The minimum atomic E-state index is 0.155. The normalized spacial score (nSPS) is 23.1. The van der Waals surface area contributed by atoms with Crippen molar-refractivity contribution < 1.29 is 9.53 Å². The Hall–Kier alpha value is -1.36. The van der Waals surface area contributed by atoms with Gasteiger partial charge in [-0.05, 0) is 32.6 Å². The highest BCUT2D eigenvalue weighted by Crippen LogP contribution is 2.30. The largest absolute Gasteiger partial charge is 0.501 e. The summed E-state index contributed by atoms with van der Waals surface area (Å²) in [4.78, 5) is 19.1. The van der Waals surface area contributed by atoms with Crippen molar-refractivity contribution >= 4 is 17.2 Å². The Morgan fingerprint density at radius 3 is 3.10 bits per heavy atom. The van der Waals surface area contributed by atoms with Crippen molar-refractivity contribution in [3.05, 3.63) is 27.9 Å². The fourth-order valence-corrected chi connectivity index (χ4v) is 3.77. The molecule has 1 saturated heterocycles. The minimum absolute atomic E-state index is 0.155. The standard InChI is InChI=1S/C15H20N2O2S/c1-11-10-20-14(16-11)12-4-2-6-17(8-12)15(18)13-5-3-7-19-9-13/h9-10,12H,2-8H2,1H3. The molecule has 2 aliphatic rings. The van der Waals surface area contributed by atoms with E-state index in [1.807, 2.05) is 11.8 Å². The number of carbonyl (C=O) groups is 1. The summed E-state index contributed by atoms with van der Waals surface area (Å²) in [5, 5.41) is 3.27. The number of likely N-dealkylation sites (tertiary alicyclic amines) is 1. The number of piperidine rings is 1. The first-order chi connectivity index (χ1) is 9.74. The van der Waals surface area contributed by atoms with Gasteiger partial charge in [-0.2, -0.15) is 0 Å². The molecule has 0 aromatic carbocycles. The fourth-order valence-electron chi connectivity index (χ4n) is 2.85. The smallest absolute Gasteiger partial charge is 0.252 e. The molecule has 0 bridgehead atoms. The molecule has 0 saturated carbocycles. The van der Waals surface area contributed by atoms with Gasteiger partial charge in [-0.1, -0.05) is 0 Å². The Morgan fingerprint density at radius 2 is 2.40 bits per heavy atom. The van der Waals surface area contributed by atoms with Crippen LogP contribution in [0.1, 0.15) is 42.3 Å². The first-order valence-electron chi connectivity index (χ1n) is 7.26. The second-order valence-corrected chi connectivity index (χ2v) is 6.42. The van der Waals surface area contributed by atoms with Crippen LogP contribution >= 0.6 is 11.3 Å². The molecule has 0 aliphatic carbocycles. The van der Waals surface area contributed by atoms with Crippen LogP contribution in [0.3, 0.4) is 0 Å². The van der Waals surface area contributed by atoms with Gasteiger partial charge in [-0.25, -0.2) is 4.98 Å². The third kappa shape index (κ3) is 2.87. The highest BCUT2D eigenvalue weighted by Gasteiger charge is 2.28. The molecule has 0 spiro atoms. The average Bonchev–Trinajstić information content (AvgIpc) is 2.94. The summed E-state index contributed by atoms with van der Waals surface area (Å²) < 4.78 is 5.29. The van der Waals surface area contributed by atoms with E-state index in [1.54, 1.807) is 17.6 Å². The van der Waals surface area contributed by atoms with Crippen LogP contribution in [0.4, 0.5) is 0 Å². The maximum absolute atomic E-state index is 12.5. The van der Waals surface area contributed by atoms with E-state index in [0.717, 1.165) is 56.6 Å². The van der Waals surface area contributed by atoms with Gasteiger partial charge in [0.25, 0.3) is 5.91 Å². The summed E-state index contributed by atoms with van der Waals surface area (Å²) in [6.07, 6.45) is 5.63. The summed E-state index contributed by atoms with van der Waals surface area (Å²) in [5.41, 5.74) is 1.91. The van der Waals surface area contributed by atoms with Gasteiger partial charge in [-0.15, -0.1) is 11.3 Å². The summed E-state index contributed by atoms with van der Waals surface area (Å²) in [6.45, 7) is 4.41. The van der Waals surface area contributed by atoms with Gasteiger partial charge in [0.1, 0.15) is 0 Å². The first kappa shape index (κ1) is 13.6. The number of rotatable bonds is 2. The Bertz CT molecular complexity index is 524. The number of hydrogen-bond donors (Lipinski definition) is 0. The molecule has 20 heavy (non-hydrogen) atoms. The quantitative estimate of drug-likeness (QED) is 0.842. The van der Waals surface area contributed by atoms with Crippen LogP contribution in [0.25, 0.3) is 0 Å². The van der Waals surface area contributed by atoms with E-state index in [9.17, 15) is 4.79 Å². The molecule has 3 rings (SSSR count). The van der Waals surface area contributed by atoms with Crippen LogP contribution in [0, 0.1) is 6.92 Å². The topological polar surface area (TPSA) is 42.4 Å². The lowest BCUT2D eigenvalue weighted by atomic mass is 9.97. The Kier molecular flexibility index (Phi) is 4.05. The maximum Gasteiger partial charge on any atom is 0.252 e. The lowest BCUT2D eigenvalue weighted by molar-refractivity contribution is -0.128. The van der Waals surface area contributed by atoms with E-state index < -0.39 is 0 Å². The number of ether oxygens (including phenoxy) is 1. The van der Waals surface area contributed by atoms with Crippen molar-refractivity contribution in [3.8, 4) is 0 Å². The number of aryl methyl sites for hydroxylation is 1. The molecule has 5 heteroatoms. The van der Waals surface area contributed by atoms with Crippen molar-refractivity contribution in [1.82, 2.24) is 9.88 Å². The molecule has 4 nitrogen and oxygen atoms in total. The van der Waals surface area contributed by atoms with Crippen molar-refractivity contribution in [2.75, 3.05) is 19.7 Å². The fraction of sp³-hybridized carbons (Fsp3) is 0.600. The molecule has 2 aliphatic heterocycles. The van der Waals surface area contributed by atoms with Crippen molar-refractivity contribution in [3.63, 3.8) is 0 Å². The molecular formula is C15H20N2O2S. The summed E-state index contributed by atoms with van der Waals surface area (Å²) >= 11 is 1.72. The zero-order valence-corrected chi connectivity index (χ0v) is 12.6. The second kappa shape index (κ2) is 5.95. The number of carbonyl (C=O) groups excluding carboxylic acids is 1. The van der Waals surface area contributed by atoms with E-state index in [2.05, 4.69) is 10.4 Å². The minimum Gasteiger partial charge on any atom is -0.501 e. The van der Waals surface area contributed by atoms with E-state index >= 15 is 0 Å². The zero-order chi connectivity index (χ0) is 13.9. The second-order valence-electron chi connectivity index (χ2n) is 5.53. The number of thiazole rings is 1. The van der Waals surface area contributed by atoms with Crippen molar-refractivity contribution in [1.29, 1.82) is 0 Å². The molecular weight excluding hydrogens is 272 g/mol. The highest BCUT2D eigenvalue weighted by molar-refractivity contribution is 7.09. The van der Waals surface area contributed by atoms with E-state index in [1.165, 1.54) is 5.01 Å². The van der Waals surface area contributed by atoms with Gasteiger partial charge < -0.3 is 9.64 Å². The molecule has 1 fully saturated rings. The first-order valence-corrected chi connectivity index (χ1v) is 8.14. The van der Waals surface area contributed by atoms with Crippen molar-refractivity contribution in [2.24, 2.45) is 0 Å². The van der Waals surface area contributed by atoms with E-state index in [4.69, 9.17) is 4.74 Å².